The molecule has 4 nitrogen and oxygen atoms in total. The smallest absolute Gasteiger partial charge is 0.110 e. The summed E-state index contributed by atoms with van der Waals surface area (Å²) < 4.78 is 18.8. The second-order valence-corrected chi connectivity index (χ2v) is 6.73. The topological polar surface area (TPSA) is 36.9 Å². The highest BCUT2D eigenvalue weighted by Gasteiger charge is 2.25. The first kappa shape index (κ1) is 18.1. The standard InChI is InChI=1S/C20H28FN3O/c1-22-20(7-11-21)16-3-2-4-17(6-5-16)24-13-9-18(10-14-24)25-19-8-12-23-15-19/h2-3,5-7,18-19,23H,1,4,8-15H2/b20-7+. The summed E-state index contributed by atoms with van der Waals surface area (Å²) in [6, 6.07) is 0. The van der Waals surface area contributed by atoms with Crippen molar-refractivity contribution in [2.45, 2.75) is 37.9 Å². The molecule has 1 atom stereocenters. The Labute approximate surface area is 149 Å². The molecule has 0 aromatic heterocycles. The summed E-state index contributed by atoms with van der Waals surface area (Å²) in [5, 5.41) is 3.36. The molecule has 1 unspecified atom stereocenters. The highest BCUT2D eigenvalue weighted by Crippen LogP contribution is 2.25. The second kappa shape index (κ2) is 9.11. The van der Waals surface area contributed by atoms with Gasteiger partial charge < -0.3 is 15.0 Å². The van der Waals surface area contributed by atoms with E-state index in [4.69, 9.17) is 4.74 Å². The van der Waals surface area contributed by atoms with Crippen LogP contribution in [0.1, 0.15) is 25.7 Å². The van der Waals surface area contributed by atoms with Crippen LogP contribution < -0.4 is 5.32 Å². The number of likely N-dealkylation sites (tertiary alicyclic amines) is 1. The van der Waals surface area contributed by atoms with E-state index in [0.29, 0.717) is 17.9 Å². The van der Waals surface area contributed by atoms with Gasteiger partial charge in [-0.05, 0) is 50.2 Å². The maximum absolute atomic E-state index is 12.6. The molecular weight excluding hydrogens is 317 g/mol. The molecule has 136 valence electrons. The molecule has 5 heteroatoms. The minimum absolute atomic E-state index is 0.387. The van der Waals surface area contributed by atoms with Gasteiger partial charge in [-0.15, -0.1) is 0 Å². The molecular formula is C20H28FN3O. The minimum Gasteiger partial charge on any atom is -0.374 e. The van der Waals surface area contributed by atoms with Gasteiger partial charge in [0.2, 0.25) is 0 Å². The van der Waals surface area contributed by atoms with Crippen molar-refractivity contribution in [3.63, 3.8) is 0 Å². The van der Waals surface area contributed by atoms with Crippen molar-refractivity contribution in [1.29, 1.82) is 0 Å². The van der Waals surface area contributed by atoms with Crippen molar-refractivity contribution in [3.05, 3.63) is 47.3 Å². The van der Waals surface area contributed by atoms with Crippen molar-refractivity contribution in [1.82, 2.24) is 10.2 Å². The molecule has 0 spiro atoms. The predicted octanol–water partition coefficient (Wildman–Crippen LogP) is 3.15. The number of ether oxygens (including phenoxy) is 1. The lowest BCUT2D eigenvalue weighted by atomic mass is 10.1. The Bertz CT molecular complexity index is 580. The molecule has 3 aliphatic rings. The summed E-state index contributed by atoms with van der Waals surface area (Å²) in [4.78, 5) is 6.37. The Hall–Kier alpha value is -1.72. The molecule has 3 rings (SSSR count). The summed E-state index contributed by atoms with van der Waals surface area (Å²) >= 11 is 0. The molecule has 2 fully saturated rings. The van der Waals surface area contributed by atoms with E-state index in [1.165, 1.54) is 11.8 Å². The first-order chi connectivity index (χ1) is 12.3. The summed E-state index contributed by atoms with van der Waals surface area (Å²) in [6.07, 6.45) is 14.7. The highest BCUT2D eigenvalue weighted by atomic mass is 19.1. The van der Waals surface area contributed by atoms with Gasteiger partial charge in [0.25, 0.3) is 0 Å². The molecule has 0 bridgehead atoms. The lowest BCUT2D eigenvalue weighted by Crippen LogP contribution is -2.38. The van der Waals surface area contributed by atoms with Gasteiger partial charge in [-0.3, -0.25) is 4.99 Å². The van der Waals surface area contributed by atoms with Gasteiger partial charge in [0.1, 0.15) is 6.67 Å². The third-order valence-corrected chi connectivity index (χ3v) is 5.06. The van der Waals surface area contributed by atoms with E-state index in [9.17, 15) is 4.39 Å². The summed E-state index contributed by atoms with van der Waals surface area (Å²) in [7, 11) is 0. The zero-order valence-electron chi connectivity index (χ0n) is 14.8. The van der Waals surface area contributed by atoms with Gasteiger partial charge in [0.05, 0.1) is 17.9 Å². The summed E-state index contributed by atoms with van der Waals surface area (Å²) in [6.45, 7) is 7.14. The maximum atomic E-state index is 12.6. The SMILES string of the molecule is C=N/C(=C/CF)C1=CC=C(N2CCC(OC3CCNC3)CC2)CC=C1. The van der Waals surface area contributed by atoms with Gasteiger partial charge in [0, 0.05) is 31.8 Å². The first-order valence-electron chi connectivity index (χ1n) is 9.22. The van der Waals surface area contributed by atoms with Gasteiger partial charge >= 0.3 is 0 Å². The quantitative estimate of drug-likeness (QED) is 0.752. The molecule has 1 aliphatic carbocycles. The van der Waals surface area contributed by atoms with Crippen LogP contribution in [-0.4, -0.2) is 56.7 Å². The van der Waals surface area contributed by atoms with Gasteiger partial charge in [-0.2, -0.15) is 0 Å². The van der Waals surface area contributed by atoms with E-state index in [1.54, 1.807) is 0 Å². The van der Waals surface area contributed by atoms with Gasteiger partial charge in [-0.1, -0.05) is 18.2 Å². The Kier molecular flexibility index (Phi) is 6.59. The van der Waals surface area contributed by atoms with Crippen LogP contribution in [0.25, 0.3) is 0 Å². The molecule has 0 radical (unpaired) electrons. The fourth-order valence-corrected chi connectivity index (χ4v) is 3.66. The van der Waals surface area contributed by atoms with Crippen molar-refractivity contribution in [3.8, 4) is 0 Å². The monoisotopic (exact) mass is 345 g/mol. The molecule has 2 saturated heterocycles. The molecule has 2 aliphatic heterocycles. The van der Waals surface area contributed by atoms with Crippen LogP contribution in [0.3, 0.4) is 0 Å². The fraction of sp³-hybridized carbons (Fsp3) is 0.550. The van der Waals surface area contributed by atoms with Crippen LogP contribution >= 0.6 is 0 Å². The van der Waals surface area contributed by atoms with Gasteiger partial charge in [0.15, 0.2) is 0 Å². The summed E-state index contributed by atoms with van der Waals surface area (Å²) in [5.41, 5.74) is 2.82. The third kappa shape index (κ3) is 4.89. The Balaban J connectivity index is 1.56. The average molecular weight is 345 g/mol. The molecule has 0 amide bonds. The van der Waals surface area contributed by atoms with Crippen molar-refractivity contribution >= 4 is 6.72 Å². The summed E-state index contributed by atoms with van der Waals surface area (Å²) in [5.74, 6) is 0. The van der Waals surface area contributed by atoms with E-state index in [1.807, 2.05) is 12.2 Å². The number of piperidine rings is 1. The number of nitrogens with zero attached hydrogens (tertiary/aromatic N) is 2. The number of nitrogens with one attached hydrogen (secondary N) is 1. The van der Waals surface area contributed by atoms with E-state index < -0.39 is 6.67 Å². The molecule has 1 N–H and O–H groups in total. The van der Waals surface area contributed by atoms with Crippen LogP contribution in [0.2, 0.25) is 0 Å². The van der Waals surface area contributed by atoms with E-state index in [-0.39, 0.29) is 0 Å². The number of alkyl halides is 1. The number of hydrogen-bond donors (Lipinski definition) is 1. The number of aliphatic imine (C=N–C) groups is 1. The second-order valence-electron chi connectivity index (χ2n) is 6.73. The highest BCUT2D eigenvalue weighted by molar-refractivity contribution is 5.47. The van der Waals surface area contributed by atoms with Crippen LogP contribution in [0.4, 0.5) is 4.39 Å². The fourth-order valence-electron chi connectivity index (χ4n) is 3.66. The number of halogens is 1. The Morgan fingerprint density at radius 1 is 1.32 bits per heavy atom. The van der Waals surface area contributed by atoms with Crippen LogP contribution in [0.5, 0.6) is 0 Å². The molecule has 0 saturated carbocycles. The molecule has 25 heavy (non-hydrogen) atoms. The maximum Gasteiger partial charge on any atom is 0.110 e. The number of rotatable bonds is 6. The Morgan fingerprint density at radius 3 is 2.84 bits per heavy atom. The minimum atomic E-state index is -0.528. The number of hydrogen-bond acceptors (Lipinski definition) is 4. The van der Waals surface area contributed by atoms with Crippen LogP contribution in [0, 0.1) is 0 Å². The van der Waals surface area contributed by atoms with Crippen molar-refractivity contribution in [2.24, 2.45) is 4.99 Å². The Morgan fingerprint density at radius 2 is 2.16 bits per heavy atom. The first-order valence-corrected chi connectivity index (χ1v) is 9.22. The third-order valence-electron chi connectivity index (χ3n) is 5.06. The molecule has 0 aromatic carbocycles. The van der Waals surface area contributed by atoms with E-state index in [0.717, 1.165) is 57.4 Å². The van der Waals surface area contributed by atoms with Crippen LogP contribution in [-0.2, 0) is 4.74 Å². The van der Waals surface area contributed by atoms with Crippen molar-refractivity contribution in [2.75, 3.05) is 32.9 Å². The lowest BCUT2D eigenvalue weighted by Gasteiger charge is -2.35. The molecule has 2 heterocycles. The van der Waals surface area contributed by atoms with Crippen LogP contribution in [0.15, 0.2) is 52.3 Å². The normalized spacial score (nSPS) is 25.6. The molecule has 0 aromatic rings. The van der Waals surface area contributed by atoms with E-state index >= 15 is 0 Å². The van der Waals surface area contributed by atoms with Gasteiger partial charge in [-0.25, -0.2) is 4.39 Å². The predicted molar refractivity (Wildman–Crippen MR) is 100 cm³/mol. The zero-order valence-corrected chi connectivity index (χ0v) is 14.8. The zero-order chi connectivity index (χ0) is 17.5. The number of allylic oxidation sites excluding steroid dienone is 5. The largest absolute Gasteiger partial charge is 0.374 e. The van der Waals surface area contributed by atoms with E-state index in [2.05, 4.69) is 34.1 Å². The lowest BCUT2D eigenvalue weighted by molar-refractivity contribution is -0.0295. The average Bonchev–Trinajstić information content (AvgIpc) is 3.02. The van der Waals surface area contributed by atoms with Crippen molar-refractivity contribution < 1.29 is 9.13 Å².